The molecule has 0 aromatic carbocycles. The Morgan fingerprint density at radius 2 is 1.87 bits per heavy atom. The van der Waals surface area contributed by atoms with Crippen LogP contribution in [0.25, 0.3) is 0 Å². The Morgan fingerprint density at radius 3 is 2.27 bits per heavy atom. The van der Waals surface area contributed by atoms with E-state index >= 15 is 0 Å². The molecule has 0 aliphatic heterocycles. The molecule has 0 radical (unpaired) electrons. The van der Waals surface area contributed by atoms with Crippen LogP contribution in [-0.4, -0.2) is 67.2 Å². The Kier molecular flexibility index (Phi) is 5.79. The second-order valence-corrected chi connectivity index (χ2v) is 4.86. The Hall–Kier alpha value is -0.650. The van der Waals surface area contributed by atoms with Crippen molar-refractivity contribution in [2.75, 3.05) is 34.3 Å². The smallest absolute Gasteiger partial charge is 0.308 e. The molecule has 0 bridgehead atoms. The van der Waals surface area contributed by atoms with E-state index in [0.717, 1.165) is 0 Å². The summed E-state index contributed by atoms with van der Waals surface area (Å²) in [5.41, 5.74) is 0. The van der Waals surface area contributed by atoms with Crippen LogP contribution < -0.4 is 0 Å². The summed E-state index contributed by atoms with van der Waals surface area (Å²) in [4.78, 5) is 11.1. The molecule has 0 aromatic heterocycles. The number of hydrogen-bond acceptors (Lipinski definition) is 4. The number of ether oxygens (including phenoxy) is 1. The summed E-state index contributed by atoms with van der Waals surface area (Å²) in [6.45, 7) is 2.01. The van der Waals surface area contributed by atoms with Crippen LogP contribution in [0.1, 0.15) is 13.3 Å². The number of aliphatic hydroxyl groups excluding tert-OH is 2. The number of quaternary nitrogens is 1. The molecule has 0 aliphatic rings. The van der Waals surface area contributed by atoms with Gasteiger partial charge < -0.3 is 19.4 Å². The molecule has 5 heteroatoms. The molecule has 15 heavy (non-hydrogen) atoms. The van der Waals surface area contributed by atoms with E-state index in [4.69, 9.17) is 9.84 Å². The van der Waals surface area contributed by atoms with Gasteiger partial charge in [0.25, 0.3) is 0 Å². The lowest BCUT2D eigenvalue weighted by molar-refractivity contribution is -0.873. The number of aliphatic hydroxyl groups is 2. The normalized spacial score (nSPS) is 15.9. The van der Waals surface area contributed by atoms with Crippen molar-refractivity contribution in [1.82, 2.24) is 0 Å². The molecule has 0 spiro atoms. The second-order valence-electron chi connectivity index (χ2n) is 4.86. The summed E-state index contributed by atoms with van der Waals surface area (Å²) in [5, 5.41) is 18.4. The highest BCUT2D eigenvalue weighted by Gasteiger charge is 2.19. The van der Waals surface area contributed by atoms with Gasteiger partial charge in [-0.25, -0.2) is 0 Å². The van der Waals surface area contributed by atoms with E-state index < -0.39 is 18.2 Å². The van der Waals surface area contributed by atoms with Gasteiger partial charge in [0.15, 0.2) is 0 Å². The molecule has 0 saturated carbocycles. The fourth-order valence-corrected chi connectivity index (χ4v) is 1.16. The predicted molar refractivity (Wildman–Crippen MR) is 56.2 cm³/mol. The lowest BCUT2D eigenvalue weighted by Gasteiger charge is -2.26. The third-order valence-electron chi connectivity index (χ3n) is 1.65. The number of nitrogens with zero attached hydrogens (tertiary/aromatic N) is 1. The Morgan fingerprint density at radius 1 is 1.33 bits per heavy atom. The highest BCUT2D eigenvalue weighted by molar-refractivity contribution is 5.69. The first-order chi connectivity index (χ1) is 6.70. The molecular weight excluding hydrogens is 198 g/mol. The first-order valence-electron chi connectivity index (χ1n) is 5.03. The van der Waals surface area contributed by atoms with Gasteiger partial charge >= 0.3 is 5.97 Å². The molecule has 5 nitrogen and oxygen atoms in total. The molecule has 0 aromatic rings. The minimum atomic E-state index is -0.702. The number of carbonyl (C=O) groups is 1. The minimum Gasteiger partial charge on any atom is -0.463 e. The van der Waals surface area contributed by atoms with Gasteiger partial charge in [0.1, 0.15) is 19.3 Å². The molecule has 0 saturated heterocycles. The number of carbonyl (C=O) groups excluding carboxylic acids is 1. The molecule has 0 rings (SSSR count). The topological polar surface area (TPSA) is 66.8 Å². The summed E-state index contributed by atoms with van der Waals surface area (Å²) < 4.78 is 5.32. The maximum Gasteiger partial charge on any atom is 0.308 e. The van der Waals surface area contributed by atoms with Crippen molar-refractivity contribution >= 4 is 5.97 Å². The molecule has 2 N–H and O–H groups in total. The number of likely N-dealkylation sites (N-methyl/N-ethyl adjacent to an activating group) is 1. The molecule has 90 valence electrons. The van der Waals surface area contributed by atoms with Gasteiger partial charge in [0, 0.05) is 0 Å². The van der Waals surface area contributed by atoms with Crippen LogP contribution in [0.5, 0.6) is 0 Å². The van der Waals surface area contributed by atoms with E-state index in [-0.39, 0.29) is 13.0 Å². The fraction of sp³-hybridized carbons (Fsp3) is 0.900. The highest BCUT2D eigenvalue weighted by Crippen LogP contribution is 2.01. The monoisotopic (exact) mass is 220 g/mol. The van der Waals surface area contributed by atoms with E-state index in [1.807, 2.05) is 21.1 Å². The van der Waals surface area contributed by atoms with Crippen LogP contribution in [-0.2, 0) is 9.53 Å². The van der Waals surface area contributed by atoms with E-state index in [1.165, 1.54) is 6.92 Å². The third-order valence-corrected chi connectivity index (χ3v) is 1.65. The van der Waals surface area contributed by atoms with Gasteiger partial charge in [-0.05, 0) is 6.92 Å². The number of rotatable bonds is 6. The quantitative estimate of drug-likeness (QED) is 0.462. The SMILES string of the molecule is CC(O)COC(=O)CC(O)C[N+](C)(C)C. The summed E-state index contributed by atoms with van der Waals surface area (Å²) in [6, 6.07) is 0. The van der Waals surface area contributed by atoms with Gasteiger partial charge in [-0.3, -0.25) is 4.79 Å². The third kappa shape index (κ3) is 9.65. The average molecular weight is 220 g/mol. The van der Waals surface area contributed by atoms with Crippen molar-refractivity contribution in [3.05, 3.63) is 0 Å². The summed E-state index contributed by atoms with van der Waals surface area (Å²) in [7, 11) is 5.80. The summed E-state index contributed by atoms with van der Waals surface area (Å²) in [5.74, 6) is -0.475. The maximum atomic E-state index is 11.1. The number of esters is 1. The Labute approximate surface area is 90.9 Å². The molecular formula is C10H22NO4+. The predicted octanol–water partition coefficient (Wildman–Crippen LogP) is -0.632. The van der Waals surface area contributed by atoms with Crippen LogP contribution in [0.4, 0.5) is 0 Å². The first kappa shape index (κ1) is 14.3. The van der Waals surface area contributed by atoms with Crippen molar-refractivity contribution in [3.8, 4) is 0 Å². The lowest BCUT2D eigenvalue weighted by atomic mass is 10.2. The van der Waals surface area contributed by atoms with E-state index in [9.17, 15) is 9.90 Å². The first-order valence-corrected chi connectivity index (χ1v) is 5.03. The van der Waals surface area contributed by atoms with Gasteiger partial charge in [0.05, 0.1) is 33.7 Å². The zero-order chi connectivity index (χ0) is 12.1. The highest BCUT2D eigenvalue weighted by atomic mass is 16.5. The van der Waals surface area contributed by atoms with Crippen molar-refractivity contribution in [1.29, 1.82) is 0 Å². The van der Waals surface area contributed by atoms with Crippen molar-refractivity contribution in [2.24, 2.45) is 0 Å². The Bertz CT molecular complexity index is 198. The van der Waals surface area contributed by atoms with Gasteiger partial charge in [-0.2, -0.15) is 0 Å². The summed E-state index contributed by atoms with van der Waals surface area (Å²) >= 11 is 0. The molecule has 0 amide bonds. The van der Waals surface area contributed by atoms with Crippen LogP contribution in [0.15, 0.2) is 0 Å². The van der Waals surface area contributed by atoms with Gasteiger partial charge in [-0.15, -0.1) is 0 Å². The zero-order valence-corrected chi connectivity index (χ0v) is 9.93. The van der Waals surface area contributed by atoms with E-state index in [1.54, 1.807) is 0 Å². The largest absolute Gasteiger partial charge is 0.463 e. The molecule has 2 atom stereocenters. The molecule has 0 fully saturated rings. The minimum absolute atomic E-state index is 0.0179. The maximum absolute atomic E-state index is 11.1. The van der Waals surface area contributed by atoms with Crippen molar-refractivity contribution in [2.45, 2.75) is 25.6 Å². The lowest BCUT2D eigenvalue weighted by Crippen LogP contribution is -2.42. The van der Waals surface area contributed by atoms with E-state index in [0.29, 0.717) is 11.0 Å². The van der Waals surface area contributed by atoms with Crippen LogP contribution in [0, 0.1) is 0 Å². The van der Waals surface area contributed by atoms with E-state index in [2.05, 4.69) is 0 Å². The molecule has 0 heterocycles. The fourth-order valence-electron chi connectivity index (χ4n) is 1.16. The van der Waals surface area contributed by atoms with Crippen molar-refractivity contribution < 1.29 is 24.2 Å². The van der Waals surface area contributed by atoms with Gasteiger partial charge in [-0.1, -0.05) is 0 Å². The second kappa shape index (κ2) is 6.05. The average Bonchev–Trinajstić information content (AvgIpc) is 1.96. The van der Waals surface area contributed by atoms with Crippen LogP contribution >= 0.6 is 0 Å². The zero-order valence-electron chi connectivity index (χ0n) is 9.93. The Balaban J connectivity index is 3.77. The number of hydrogen-bond donors (Lipinski definition) is 2. The molecule has 2 unspecified atom stereocenters. The molecule has 0 aliphatic carbocycles. The summed E-state index contributed by atoms with van der Waals surface area (Å²) in [6.07, 6.45) is -1.39. The standard InChI is InChI=1S/C10H22NO4/c1-8(12)7-15-10(14)5-9(13)6-11(2,3)4/h8-9,12-13H,5-7H2,1-4H3/q+1. The van der Waals surface area contributed by atoms with Crippen molar-refractivity contribution in [3.63, 3.8) is 0 Å². The van der Waals surface area contributed by atoms with Crippen LogP contribution in [0.3, 0.4) is 0 Å². The van der Waals surface area contributed by atoms with Gasteiger partial charge in [0.2, 0.25) is 0 Å². The van der Waals surface area contributed by atoms with Crippen LogP contribution in [0.2, 0.25) is 0 Å².